The van der Waals surface area contributed by atoms with Gasteiger partial charge < -0.3 is 19.3 Å². The van der Waals surface area contributed by atoms with Crippen LogP contribution in [0.5, 0.6) is 11.5 Å². The molecule has 1 saturated heterocycles. The molecule has 1 amide bonds. The minimum atomic E-state index is -0.0962. The van der Waals surface area contributed by atoms with Gasteiger partial charge in [-0.15, -0.1) is 0 Å². The number of anilines is 1. The van der Waals surface area contributed by atoms with Gasteiger partial charge >= 0.3 is 0 Å². The summed E-state index contributed by atoms with van der Waals surface area (Å²) in [5.41, 5.74) is 1.38. The smallest absolute Gasteiger partial charge is 0.261 e. The Morgan fingerprint density at radius 2 is 1.58 bits per heavy atom. The summed E-state index contributed by atoms with van der Waals surface area (Å²) in [7, 11) is 3.10. The van der Waals surface area contributed by atoms with Gasteiger partial charge in [-0.3, -0.25) is 4.79 Å². The van der Waals surface area contributed by atoms with Crippen molar-refractivity contribution in [3.05, 3.63) is 52.0 Å². The zero-order chi connectivity index (χ0) is 18.7. The van der Waals surface area contributed by atoms with E-state index in [1.165, 1.54) is 0 Å². The van der Waals surface area contributed by atoms with E-state index in [1.54, 1.807) is 43.4 Å². The normalized spacial score (nSPS) is 14.3. The lowest BCUT2D eigenvalue weighted by Crippen LogP contribution is -2.49. The molecule has 26 heavy (non-hydrogen) atoms. The number of rotatable bonds is 4. The molecule has 2 aromatic carbocycles. The first-order chi connectivity index (χ1) is 12.5. The Morgan fingerprint density at radius 3 is 2.12 bits per heavy atom. The highest BCUT2D eigenvalue weighted by molar-refractivity contribution is 6.36. The third-order valence-corrected chi connectivity index (χ3v) is 5.00. The van der Waals surface area contributed by atoms with Gasteiger partial charge in [0.25, 0.3) is 5.91 Å². The fourth-order valence-electron chi connectivity index (χ4n) is 3.11. The summed E-state index contributed by atoms with van der Waals surface area (Å²) in [5.74, 6) is 0.927. The van der Waals surface area contributed by atoms with E-state index >= 15 is 0 Å². The summed E-state index contributed by atoms with van der Waals surface area (Å²) in [6.07, 6.45) is 0. The third kappa shape index (κ3) is 3.69. The standard InChI is InChI=1S/C19H20Cl2N2O3/c1-25-16-4-3-5-17(26-2)18(16)19(24)23-10-8-22(9-11-23)15-7-6-13(20)12-14(15)21/h3-7,12H,8-11H2,1-2H3. The van der Waals surface area contributed by atoms with Crippen molar-refractivity contribution in [2.24, 2.45) is 0 Å². The summed E-state index contributed by atoms with van der Waals surface area (Å²) >= 11 is 12.3. The summed E-state index contributed by atoms with van der Waals surface area (Å²) in [4.78, 5) is 17.0. The van der Waals surface area contributed by atoms with Gasteiger partial charge in [0.1, 0.15) is 17.1 Å². The van der Waals surface area contributed by atoms with Crippen LogP contribution in [0.2, 0.25) is 10.0 Å². The van der Waals surface area contributed by atoms with Crippen molar-refractivity contribution >= 4 is 34.8 Å². The lowest BCUT2D eigenvalue weighted by molar-refractivity contribution is 0.0740. The molecule has 1 aliphatic rings. The molecule has 2 aromatic rings. The van der Waals surface area contributed by atoms with Crippen molar-refractivity contribution in [2.45, 2.75) is 0 Å². The van der Waals surface area contributed by atoms with Gasteiger partial charge in [0.05, 0.1) is 24.9 Å². The van der Waals surface area contributed by atoms with E-state index in [-0.39, 0.29) is 5.91 Å². The van der Waals surface area contributed by atoms with E-state index in [9.17, 15) is 4.79 Å². The maximum atomic E-state index is 13.0. The average Bonchev–Trinajstić information content (AvgIpc) is 2.67. The number of nitrogens with zero attached hydrogens (tertiary/aromatic N) is 2. The lowest BCUT2D eigenvalue weighted by Gasteiger charge is -2.36. The van der Waals surface area contributed by atoms with Crippen LogP contribution in [-0.4, -0.2) is 51.2 Å². The van der Waals surface area contributed by atoms with Crippen molar-refractivity contribution in [2.75, 3.05) is 45.3 Å². The molecule has 0 atom stereocenters. The quantitative estimate of drug-likeness (QED) is 0.786. The molecular formula is C19H20Cl2N2O3. The molecule has 3 rings (SSSR count). The first kappa shape index (κ1) is 18.7. The van der Waals surface area contributed by atoms with Crippen molar-refractivity contribution < 1.29 is 14.3 Å². The van der Waals surface area contributed by atoms with Crippen molar-refractivity contribution in [3.8, 4) is 11.5 Å². The minimum Gasteiger partial charge on any atom is -0.496 e. The fourth-order valence-corrected chi connectivity index (χ4v) is 3.64. The predicted octanol–water partition coefficient (Wildman–Crippen LogP) is 3.97. The van der Waals surface area contributed by atoms with Gasteiger partial charge in [-0.2, -0.15) is 0 Å². The monoisotopic (exact) mass is 394 g/mol. The molecule has 0 unspecified atom stereocenters. The SMILES string of the molecule is COc1cccc(OC)c1C(=O)N1CCN(c2ccc(Cl)cc2Cl)CC1. The molecule has 0 aromatic heterocycles. The van der Waals surface area contributed by atoms with Gasteiger partial charge in [0, 0.05) is 31.2 Å². The second-order valence-electron chi connectivity index (χ2n) is 5.91. The number of carbonyl (C=O) groups is 1. The van der Waals surface area contributed by atoms with E-state index in [0.717, 1.165) is 5.69 Å². The van der Waals surface area contributed by atoms with Gasteiger partial charge in [0.15, 0.2) is 0 Å². The van der Waals surface area contributed by atoms with Gasteiger partial charge in [-0.25, -0.2) is 0 Å². The molecule has 1 aliphatic heterocycles. The van der Waals surface area contributed by atoms with E-state index < -0.39 is 0 Å². The highest BCUT2D eigenvalue weighted by Gasteiger charge is 2.27. The molecule has 0 bridgehead atoms. The molecule has 138 valence electrons. The maximum Gasteiger partial charge on any atom is 0.261 e. The first-order valence-corrected chi connectivity index (χ1v) is 9.01. The topological polar surface area (TPSA) is 42.0 Å². The van der Waals surface area contributed by atoms with E-state index in [2.05, 4.69) is 4.90 Å². The van der Waals surface area contributed by atoms with Crippen LogP contribution in [0, 0.1) is 0 Å². The van der Waals surface area contributed by atoms with Crippen LogP contribution in [0.3, 0.4) is 0 Å². The summed E-state index contributed by atoms with van der Waals surface area (Å²) in [6, 6.07) is 10.8. The Labute approximate surface area is 163 Å². The number of hydrogen-bond donors (Lipinski definition) is 0. The summed E-state index contributed by atoms with van der Waals surface area (Å²) in [6.45, 7) is 2.53. The van der Waals surface area contributed by atoms with Crippen LogP contribution in [0.25, 0.3) is 0 Å². The van der Waals surface area contributed by atoms with Crippen molar-refractivity contribution in [1.29, 1.82) is 0 Å². The van der Waals surface area contributed by atoms with Crippen LogP contribution in [0.4, 0.5) is 5.69 Å². The highest BCUT2D eigenvalue weighted by atomic mass is 35.5. The molecule has 1 fully saturated rings. The van der Waals surface area contributed by atoms with E-state index in [1.807, 2.05) is 12.1 Å². The van der Waals surface area contributed by atoms with Gasteiger partial charge in [0.2, 0.25) is 0 Å². The Kier molecular flexibility index (Phi) is 5.79. The highest BCUT2D eigenvalue weighted by Crippen LogP contribution is 2.32. The van der Waals surface area contributed by atoms with Crippen molar-refractivity contribution in [1.82, 2.24) is 4.90 Å². The average molecular weight is 395 g/mol. The second-order valence-corrected chi connectivity index (χ2v) is 6.76. The van der Waals surface area contributed by atoms with Gasteiger partial charge in [-0.05, 0) is 30.3 Å². The predicted molar refractivity (Wildman–Crippen MR) is 104 cm³/mol. The van der Waals surface area contributed by atoms with Crippen LogP contribution in [-0.2, 0) is 0 Å². The molecule has 0 aliphatic carbocycles. The molecule has 0 spiro atoms. The number of halogens is 2. The molecule has 1 heterocycles. The fraction of sp³-hybridized carbons (Fsp3) is 0.316. The summed E-state index contributed by atoms with van der Waals surface area (Å²) < 4.78 is 10.7. The maximum absolute atomic E-state index is 13.0. The number of benzene rings is 2. The molecule has 7 heteroatoms. The zero-order valence-electron chi connectivity index (χ0n) is 14.7. The van der Waals surface area contributed by atoms with Crippen molar-refractivity contribution in [3.63, 3.8) is 0 Å². The Balaban J connectivity index is 1.75. The molecule has 5 nitrogen and oxygen atoms in total. The number of methoxy groups -OCH3 is 2. The Hall–Kier alpha value is -2.11. The Bertz CT molecular complexity index is 783. The zero-order valence-corrected chi connectivity index (χ0v) is 16.2. The number of ether oxygens (including phenoxy) is 2. The first-order valence-electron chi connectivity index (χ1n) is 8.25. The van der Waals surface area contributed by atoms with Crippen LogP contribution in [0.15, 0.2) is 36.4 Å². The summed E-state index contributed by atoms with van der Waals surface area (Å²) in [5, 5.41) is 1.22. The van der Waals surface area contributed by atoms with Crippen LogP contribution < -0.4 is 14.4 Å². The molecule has 0 N–H and O–H groups in total. The minimum absolute atomic E-state index is 0.0962. The lowest BCUT2D eigenvalue weighted by atomic mass is 10.1. The van der Waals surface area contributed by atoms with Crippen LogP contribution >= 0.6 is 23.2 Å². The van der Waals surface area contributed by atoms with Gasteiger partial charge in [-0.1, -0.05) is 29.3 Å². The second kappa shape index (κ2) is 8.06. The molecular weight excluding hydrogens is 375 g/mol. The molecule has 0 saturated carbocycles. The third-order valence-electron chi connectivity index (χ3n) is 4.46. The number of carbonyl (C=O) groups excluding carboxylic acids is 1. The molecule has 0 radical (unpaired) electrons. The largest absolute Gasteiger partial charge is 0.496 e. The number of piperazine rings is 1. The Morgan fingerprint density at radius 1 is 0.962 bits per heavy atom. The van der Waals surface area contributed by atoms with E-state index in [4.69, 9.17) is 32.7 Å². The number of hydrogen-bond acceptors (Lipinski definition) is 4. The van der Waals surface area contributed by atoms with Crippen LogP contribution in [0.1, 0.15) is 10.4 Å². The number of amides is 1. The van der Waals surface area contributed by atoms with E-state index in [0.29, 0.717) is 53.3 Å².